The smallest absolute Gasteiger partial charge is 0.169 e. The fourth-order valence-corrected chi connectivity index (χ4v) is 2.84. The molecule has 116 valence electrons. The van der Waals surface area contributed by atoms with E-state index in [9.17, 15) is 0 Å². The van der Waals surface area contributed by atoms with E-state index >= 15 is 0 Å². The van der Waals surface area contributed by atoms with Gasteiger partial charge in [-0.1, -0.05) is 24.3 Å². The molecule has 0 atom stereocenters. The molecule has 1 aliphatic heterocycles. The van der Waals surface area contributed by atoms with Crippen molar-refractivity contribution < 1.29 is 9.47 Å². The maximum absolute atomic E-state index is 6.02. The molecule has 0 N–H and O–H groups in total. The quantitative estimate of drug-likeness (QED) is 0.785. The van der Waals surface area contributed by atoms with Crippen LogP contribution in [0.15, 0.2) is 48.5 Å². The minimum absolute atomic E-state index is 0.634. The first-order valence-corrected chi connectivity index (χ1v) is 8.06. The molecule has 0 unspecified atom stereocenters. The third kappa shape index (κ3) is 3.80. The van der Waals surface area contributed by atoms with Crippen LogP contribution in [0.4, 0.5) is 0 Å². The van der Waals surface area contributed by atoms with Crippen molar-refractivity contribution in [1.82, 2.24) is 4.90 Å². The van der Waals surface area contributed by atoms with Crippen LogP contribution in [-0.2, 0) is 6.54 Å². The average Bonchev–Trinajstić information content (AvgIpc) is 3.03. The molecule has 0 amide bonds. The van der Waals surface area contributed by atoms with E-state index in [-0.39, 0.29) is 0 Å². The molecule has 22 heavy (non-hydrogen) atoms. The van der Waals surface area contributed by atoms with Gasteiger partial charge in [0, 0.05) is 6.54 Å². The van der Waals surface area contributed by atoms with Gasteiger partial charge in [-0.3, -0.25) is 4.90 Å². The minimum Gasteiger partial charge on any atom is -0.490 e. The summed E-state index contributed by atoms with van der Waals surface area (Å²) in [6.07, 6.45) is 2.63. The van der Waals surface area contributed by atoms with Crippen molar-refractivity contribution >= 4 is 0 Å². The van der Waals surface area contributed by atoms with Crippen molar-refractivity contribution in [3.8, 4) is 17.2 Å². The fourth-order valence-electron chi connectivity index (χ4n) is 2.84. The summed E-state index contributed by atoms with van der Waals surface area (Å²) >= 11 is 0. The lowest BCUT2D eigenvalue weighted by molar-refractivity contribution is 0.320. The number of benzene rings is 2. The zero-order valence-corrected chi connectivity index (χ0v) is 13.1. The zero-order chi connectivity index (χ0) is 15.2. The summed E-state index contributed by atoms with van der Waals surface area (Å²) in [5.41, 5.74) is 1.30. The predicted octanol–water partition coefficient (Wildman–Crippen LogP) is 4.47. The number of nitrogens with zero attached hydrogens (tertiary/aromatic N) is 1. The number of rotatable bonds is 6. The lowest BCUT2D eigenvalue weighted by atomic mass is 10.2. The van der Waals surface area contributed by atoms with Gasteiger partial charge in [-0.2, -0.15) is 0 Å². The highest BCUT2D eigenvalue weighted by molar-refractivity contribution is 5.43. The van der Waals surface area contributed by atoms with Crippen LogP contribution in [0.2, 0.25) is 0 Å². The van der Waals surface area contributed by atoms with E-state index < -0.39 is 0 Å². The number of hydrogen-bond donors (Lipinski definition) is 0. The molecule has 3 heteroatoms. The second-order valence-electron chi connectivity index (χ2n) is 5.61. The molecule has 2 aromatic carbocycles. The lowest BCUT2D eigenvalue weighted by Crippen LogP contribution is -2.18. The Morgan fingerprint density at radius 3 is 2.50 bits per heavy atom. The van der Waals surface area contributed by atoms with Crippen molar-refractivity contribution in [1.29, 1.82) is 0 Å². The van der Waals surface area contributed by atoms with Gasteiger partial charge in [0.2, 0.25) is 0 Å². The van der Waals surface area contributed by atoms with Crippen LogP contribution in [0, 0.1) is 0 Å². The molecule has 1 heterocycles. The van der Waals surface area contributed by atoms with Crippen LogP contribution in [0.3, 0.4) is 0 Å². The monoisotopic (exact) mass is 297 g/mol. The van der Waals surface area contributed by atoms with Crippen LogP contribution in [0.1, 0.15) is 25.3 Å². The van der Waals surface area contributed by atoms with Gasteiger partial charge < -0.3 is 9.47 Å². The van der Waals surface area contributed by atoms with Gasteiger partial charge in [-0.25, -0.2) is 0 Å². The van der Waals surface area contributed by atoms with E-state index in [4.69, 9.17) is 9.47 Å². The van der Waals surface area contributed by atoms with Crippen LogP contribution in [0.25, 0.3) is 0 Å². The Bertz CT molecular complexity index is 606. The predicted molar refractivity (Wildman–Crippen MR) is 88.6 cm³/mol. The lowest BCUT2D eigenvalue weighted by Gasteiger charge is -2.16. The summed E-state index contributed by atoms with van der Waals surface area (Å²) in [6, 6.07) is 16.2. The molecule has 0 spiro atoms. The standard InChI is InChI=1S/C19H23NO2/c1-2-21-18-10-3-4-11-19(18)22-17-9-7-8-16(14-17)15-20-12-5-6-13-20/h3-4,7-11,14H,2,5-6,12-13,15H2,1H3. The maximum Gasteiger partial charge on any atom is 0.169 e. The molecule has 2 aromatic rings. The van der Waals surface area contributed by atoms with Crippen LogP contribution in [-0.4, -0.2) is 24.6 Å². The Kier molecular flexibility index (Phi) is 4.96. The van der Waals surface area contributed by atoms with Crippen molar-refractivity contribution in [3.05, 3.63) is 54.1 Å². The molecule has 1 fully saturated rings. The molecule has 0 aromatic heterocycles. The van der Waals surface area contributed by atoms with E-state index in [1.165, 1.54) is 31.5 Å². The highest BCUT2D eigenvalue weighted by Gasteiger charge is 2.12. The van der Waals surface area contributed by atoms with Gasteiger partial charge in [0.05, 0.1) is 6.61 Å². The van der Waals surface area contributed by atoms with Gasteiger partial charge in [0.1, 0.15) is 5.75 Å². The molecule has 1 saturated heterocycles. The van der Waals surface area contributed by atoms with Crippen molar-refractivity contribution in [3.63, 3.8) is 0 Å². The molecule has 0 bridgehead atoms. The second kappa shape index (κ2) is 7.32. The molecular formula is C19H23NO2. The van der Waals surface area contributed by atoms with Gasteiger partial charge in [0.25, 0.3) is 0 Å². The third-order valence-corrected chi connectivity index (χ3v) is 3.88. The number of para-hydroxylation sites is 2. The molecule has 3 nitrogen and oxygen atoms in total. The summed E-state index contributed by atoms with van der Waals surface area (Å²) in [5.74, 6) is 2.42. The average molecular weight is 297 g/mol. The highest BCUT2D eigenvalue weighted by atomic mass is 16.5. The fraction of sp³-hybridized carbons (Fsp3) is 0.368. The topological polar surface area (TPSA) is 21.7 Å². The first-order chi connectivity index (χ1) is 10.8. The van der Waals surface area contributed by atoms with E-state index in [1.54, 1.807) is 0 Å². The molecule has 3 rings (SSSR count). The summed E-state index contributed by atoms with van der Waals surface area (Å²) in [6.45, 7) is 6.03. The summed E-state index contributed by atoms with van der Waals surface area (Å²) in [5, 5.41) is 0. The SMILES string of the molecule is CCOc1ccccc1Oc1cccc(CN2CCCC2)c1. The first-order valence-electron chi connectivity index (χ1n) is 8.06. The highest BCUT2D eigenvalue weighted by Crippen LogP contribution is 2.31. The Morgan fingerprint density at radius 2 is 1.73 bits per heavy atom. The minimum atomic E-state index is 0.634. The number of ether oxygens (including phenoxy) is 2. The van der Waals surface area contributed by atoms with E-state index in [2.05, 4.69) is 23.1 Å². The zero-order valence-electron chi connectivity index (χ0n) is 13.1. The van der Waals surface area contributed by atoms with Crippen LogP contribution in [0.5, 0.6) is 17.2 Å². The van der Waals surface area contributed by atoms with Gasteiger partial charge in [-0.05, 0) is 62.7 Å². The summed E-state index contributed by atoms with van der Waals surface area (Å²) in [7, 11) is 0. The second-order valence-corrected chi connectivity index (χ2v) is 5.61. The van der Waals surface area contributed by atoms with Crippen molar-refractivity contribution in [2.45, 2.75) is 26.3 Å². The third-order valence-electron chi connectivity index (χ3n) is 3.88. The van der Waals surface area contributed by atoms with Gasteiger partial charge >= 0.3 is 0 Å². The first kappa shape index (κ1) is 14.9. The van der Waals surface area contributed by atoms with E-state index in [0.29, 0.717) is 6.61 Å². The van der Waals surface area contributed by atoms with Gasteiger partial charge in [-0.15, -0.1) is 0 Å². The normalized spacial score (nSPS) is 15.0. The molecular weight excluding hydrogens is 274 g/mol. The molecule has 0 saturated carbocycles. The summed E-state index contributed by atoms with van der Waals surface area (Å²) in [4.78, 5) is 2.49. The van der Waals surface area contributed by atoms with Crippen molar-refractivity contribution in [2.24, 2.45) is 0 Å². The Morgan fingerprint density at radius 1 is 0.955 bits per heavy atom. The Labute approximate surface area is 132 Å². The summed E-state index contributed by atoms with van der Waals surface area (Å²) < 4.78 is 11.6. The van der Waals surface area contributed by atoms with Gasteiger partial charge in [0.15, 0.2) is 11.5 Å². The molecule has 1 aliphatic rings. The Balaban J connectivity index is 1.72. The number of likely N-dealkylation sites (tertiary alicyclic amines) is 1. The number of hydrogen-bond acceptors (Lipinski definition) is 3. The van der Waals surface area contributed by atoms with Crippen LogP contribution >= 0.6 is 0 Å². The van der Waals surface area contributed by atoms with E-state index in [0.717, 1.165) is 23.8 Å². The van der Waals surface area contributed by atoms with Crippen LogP contribution < -0.4 is 9.47 Å². The largest absolute Gasteiger partial charge is 0.490 e. The molecule has 0 radical (unpaired) electrons. The van der Waals surface area contributed by atoms with E-state index in [1.807, 2.05) is 37.3 Å². The van der Waals surface area contributed by atoms with Crippen molar-refractivity contribution in [2.75, 3.05) is 19.7 Å². The Hall–Kier alpha value is -2.00. The maximum atomic E-state index is 6.02. The molecule has 0 aliphatic carbocycles.